The van der Waals surface area contributed by atoms with Crippen LogP contribution in [0.1, 0.15) is 24.0 Å². The van der Waals surface area contributed by atoms with Crippen molar-refractivity contribution in [1.82, 2.24) is 25.4 Å². The van der Waals surface area contributed by atoms with E-state index >= 15 is 0 Å². The number of nitrogens with one attached hydrogen (secondary N) is 2. The van der Waals surface area contributed by atoms with Crippen LogP contribution < -0.4 is 0 Å². The van der Waals surface area contributed by atoms with E-state index in [2.05, 4.69) is 66.7 Å². The van der Waals surface area contributed by atoms with Crippen molar-refractivity contribution in [2.75, 3.05) is 0 Å². The molecular weight excluding hydrogens is 402 g/mol. The summed E-state index contributed by atoms with van der Waals surface area (Å²) in [5.74, 6) is 0. The number of hydrogen-bond donors (Lipinski definition) is 2. The van der Waals surface area contributed by atoms with Crippen LogP contribution in [0.2, 0.25) is 0 Å². The minimum absolute atomic E-state index is 0.866. The Morgan fingerprint density at radius 3 is 2.67 bits per heavy atom. The number of aromatic amines is 2. The van der Waals surface area contributed by atoms with E-state index < -0.39 is 0 Å². The quantitative estimate of drug-likeness (QED) is 0.388. The van der Waals surface area contributed by atoms with E-state index in [1.165, 1.54) is 29.4 Å². The Bertz CT molecular complexity index is 1350. The molecule has 2 aromatic carbocycles. The van der Waals surface area contributed by atoms with Crippen LogP contribution in [-0.4, -0.2) is 25.4 Å². The molecule has 27 heavy (non-hydrogen) atoms. The van der Waals surface area contributed by atoms with Gasteiger partial charge in [0.05, 0.1) is 28.4 Å². The molecule has 0 radical (unpaired) electrons. The second kappa shape index (κ2) is 5.63. The van der Waals surface area contributed by atoms with Crippen molar-refractivity contribution >= 4 is 48.6 Å². The third-order valence-corrected chi connectivity index (χ3v) is 6.24. The zero-order valence-corrected chi connectivity index (χ0v) is 16.1. The molecule has 132 valence electrons. The van der Waals surface area contributed by atoms with E-state index in [1.807, 2.05) is 6.20 Å². The maximum Gasteiger partial charge on any atom is 0.136 e. The Morgan fingerprint density at radius 1 is 0.889 bits per heavy atom. The summed E-state index contributed by atoms with van der Waals surface area (Å²) in [5, 5.41) is 18.2. The van der Waals surface area contributed by atoms with Crippen LogP contribution in [0.5, 0.6) is 0 Å². The first-order chi connectivity index (χ1) is 13.3. The molecule has 5 nitrogen and oxygen atoms in total. The summed E-state index contributed by atoms with van der Waals surface area (Å²) < 4.78 is 0.866. The summed E-state index contributed by atoms with van der Waals surface area (Å²) in [7, 11) is 0. The molecule has 0 fully saturated rings. The van der Waals surface area contributed by atoms with Gasteiger partial charge in [-0.15, -0.1) is 0 Å². The second-order valence-corrected chi connectivity index (χ2v) is 7.94. The lowest BCUT2D eigenvalue weighted by Crippen LogP contribution is -2.08. The molecular formula is C21H16BrN5. The van der Waals surface area contributed by atoms with Crippen LogP contribution in [0.15, 0.2) is 41.1 Å². The van der Waals surface area contributed by atoms with E-state index in [0.29, 0.717) is 0 Å². The number of rotatable bonds is 1. The predicted molar refractivity (Wildman–Crippen MR) is 111 cm³/mol. The monoisotopic (exact) mass is 417 g/mol. The van der Waals surface area contributed by atoms with Gasteiger partial charge in [0.15, 0.2) is 0 Å². The second-order valence-electron chi connectivity index (χ2n) is 7.19. The fourth-order valence-corrected chi connectivity index (χ4v) is 4.92. The van der Waals surface area contributed by atoms with Crippen LogP contribution in [0.3, 0.4) is 0 Å². The predicted octanol–water partition coefficient (Wildman–Crippen LogP) is 5.30. The van der Waals surface area contributed by atoms with E-state index in [4.69, 9.17) is 4.98 Å². The lowest BCUT2D eigenvalue weighted by atomic mass is 9.85. The summed E-state index contributed by atoms with van der Waals surface area (Å²) in [6, 6.07) is 10.6. The Balaban J connectivity index is 1.73. The highest BCUT2D eigenvalue weighted by Gasteiger charge is 2.22. The molecule has 0 spiro atoms. The maximum absolute atomic E-state index is 5.13. The van der Waals surface area contributed by atoms with Gasteiger partial charge in [0, 0.05) is 21.7 Å². The first kappa shape index (κ1) is 15.3. The van der Waals surface area contributed by atoms with Gasteiger partial charge in [0.25, 0.3) is 0 Å². The molecule has 0 saturated carbocycles. The van der Waals surface area contributed by atoms with E-state index in [9.17, 15) is 0 Å². The third-order valence-electron chi connectivity index (χ3n) is 5.67. The van der Waals surface area contributed by atoms with Crippen molar-refractivity contribution in [1.29, 1.82) is 0 Å². The molecule has 0 amide bonds. The highest BCUT2D eigenvalue weighted by atomic mass is 79.9. The van der Waals surface area contributed by atoms with E-state index in [0.717, 1.165) is 56.0 Å². The molecule has 5 aromatic rings. The highest BCUT2D eigenvalue weighted by Crippen LogP contribution is 2.39. The Kier molecular flexibility index (Phi) is 3.20. The standard InChI is InChI=1S/C21H16BrN5/c22-21-19-17(26-27-21)8-7-16-18(19)13-3-1-2-4-14(13)20(24-16)11-5-6-15-12(9-11)10-23-25-15/h5-10H,1-4H2,(H,23,25)(H,26,27). The number of hydrogen-bond acceptors (Lipinski definition) is 3. The van der Waals surface area contributed by atoms with Crippen molar-refractivity contribution in [3.05, 3.63) is 52.3 Å². The number of aryl methyl sites for hydroxylation is 1. The number of H-pyrrole nitrogens is 2. The van der Waals surface area contributed by atoms with Gasteiger partial charge in [0.2, 0.25) is 0 Å². The molecule has 0 atom stereocenters. The average Bonchev–Trinajstić information content (AvgIpc) is 3.33. The SMILES string of the molecule is Brc1n[nH]c2ccc3nc(-c4ccc5[nH]ncc5c4)c4c(c3c12)CCCC4. The topological polar surface area (TPSA) is 70.2 Å². The number of benzene rings is 2. The van der Waals surface area contributed by atoms with Crippen molar-refractivity contribution in [2.24, 2.45) is 0 Å². The molecule has 3 heterocycles. The van der Waals surface area contributed by atoms with E-state index in [1.54, 1.807) is 0 Å². The van der Waals surface area contributed by atoms with Crippen molar-refractivity contribution < 1.29 is 0 Å². The van der Waals surface area contributed by atoms with Crippen molar-refractivity contribution in [3.63, 3.8) is 0 Å². The van der Waals surface area contributed by atoms with Gasteiger partial charge in [-0.3, -0.25) is 10.2 Å². The van der Waals surface area contributed by atoms with Gasteiger partial charge in [-0.1, -0.05) is 6.07 Å². The average molecular weight is 418 g/mol. The lowest BCUT2D eigenvalue weighted by molar-refractivity contribution is 0.689. The van der Waals surface area contributed by atoms with Crippen molar-refractivity contribution in [3.8, 4) is 11.3 Å². The van der Waals surface area contributed by atoms with Gasteiger partial charge in [-0.05, 0) is 77.0 Å². The van der Waals surface area contributed by atoms with Gasteiger partial charge < -0.3 is 0 Å². The van der Waals surface area contributed by atoms with Gasteiger partial charge >= 0.3 is 0 Å². The molecule has 6 heteroatoms. The first-order valence-corrected chi connectivity index (χ1v) is 10.0. The van der Waals surface area contributed by atoms with Crippen LogP contribution >= 0.6 is 15.9 Å². The Morgan fingerprint density at radius 2 is 1.74 bits per heavy atom. The largest absolute Gasteiger partial charge is 0.278 e. The molecule has 6 rings (SSSR count). The zero-order valence-electron chi connectivity index (χ0n) is 14.5. The van der Waals surface area contributed by atoms with Crippen LogP contribution in [0, 0.1) is 0 Å². The summed E-state index contributed by atoms with van der Waals surface area (Å²) in [4.78, 5) is 5.13. The molecule has 3 aromatic heterocycles. The number of aromatic nitrogens is 5. The maximum atomic E-state index is 5.13. The number of fused-ring (bicyclic) bond motifs is 6. The summed E-state index contributed by atoms with van der Waals surface area (Å²) in [5.41, 5.74) is 8.23. The fraction of sp³-hybridized carbons (Fsp3) is 0.190. The Hall–Kier alpha value is -2.73. The third kappa shape index (κ3) is 2.19. The zero-order chi connectivity index (χ0) is 18.0. The molecule has 0 saturated heterocycles. The lowest BCUT2D eigenvalue weighted by Gasteiger charge is -2.22. The van der Waals surface area contributed by atoms with Gasteiger partial charge in [-0.25, -0.2) is 4.98 Å². The molecule has 0 bridgehead atoms. The van der Waals surface area contributed by atoms with Crippen LogP contribution in [0.4, 0.5) is 0 Å². The number of pyridine rings is 1. The molecule has 1 aliphatic carbocycles. The minimum Gasteiger partial charge on any atom is -0.278 e. The minimum atomic E-state index is 0.866. The number of halogens is 1. The Labute approximate surface area is 163 Å². The van der Waals surface area contributed by atoms with Crippen LogP contribution in [0.25, 0.3) is 44.0 Å². The van der Waals surface area contributed by atoms with Crippen molar-refractivity contribution in [2.45, 2.75) is 25.7 Å². The molecule has 0 aliphatic heterocycles. The fourth-order valence-electron chi connectivity index (χ4n) is 4.42. The number of nitrogens with zero attached hydrogens (tertiary/aromatic N) is 3. The smallest absolute Gasteiger partial charge is 0.136 e. The van der Waals surface area contributed by atoms with Gasteiger partial charge in [-0.2, -0.15) is 10.2 Å². The molecule has 0 unspecified atom stereocenters. The summed E-state index contributed by atoms with van der Waals surface area (Å²) in [6.45, 7) is 0. The highest BCUT2D eigenvalue weighted by molar-refractivity contribution is 9.10. The van der Waals surface area contributed by atoms with E-state index in [-0.39, 0.29) is 0 Å². The summed E-state index contributed by atoms with van der Waals surface area (Å²) in [6.07, 6.45) is 6.47. The molecule has 1 aliphatic rings. The van der Waals surface area contributed by atoms with Crippen LogP contribution in [-0.2, 0) is 12.8 Å². The molecule has 2 N–H and O–H groups in total. The van der Waals surface area contributed by atoms with Gasteiger partial charge in [0.1, 0.15) is 4.60 Å². The first-order valence-electron chi connectivity index (χ1n) is 9.21. The normalized spacial score (nSPS) is 14.3. The summed E-state index contributed by atoms with van der Waals surface area (Å²) >= 11 is 3.62.